The lowest BCUT2D eigenvalue weighted by Crippen LogP contribution is -2.36. The van der Waals surface area contributed by atoms with Crippen LogP contribution in [0.3, 0.4) is 0 Å². The molecule has 5 nitrogen and oxygen atoms in total. The highest BCUT2D eigenvalue weighted by Crippen LogP contribution is 2.38. The van der Waals surface area contributed by atoms with Crippen LogP contribution in [0.4, 0.5) is 0 Å². The van der Waals surface area contributed by atoms with Crippen LogP contribution in [0.15, 0.2) is 42.7 Å². The van der Waals surface area contributed by atoms with E-state index in [1.807, 2.05) is 36.7 Å². The quantitative estimate of drug-likeness (QED) is 0.845. The van der Waals surface area contributed by atoms with Gasteiger partial charge in [-0.25, -0.2) is 0 Å². The van der Waals surface area contributed by atoms with Gasteiger partial charge in [-0.15, -0.1) is 0 Å². The van der Waals surface area contributed by atoms with Crippen LogP contribution in [-0.2, 0) is 4.74 Å². The summed E-state index contributed by atoms with van der Waals surface area (Å²) >= 11 is 5.62. The zero-order valence-corrected chi connectivity index (χ0v) is 13.6. The predicted molar refractivity (Wildman–Crippen MR) is 91.9 cm³/mol. The Morgan fingerprint density at radius 2 is 2.26 bits per heavy atom. The molecule has 0 aliphatic carbocycles. The minimum absolute atomic E-state index is 0.0451. The Morgan fingerprint density at radius 3 is 2.96 bits per heavy atom. The molecular formula is C17H20N4OS. The van der Waals surface area contributed by atoms with Gasteiger partial charge in [0.2, 0.25) is 0 Å². The third-order valence-electron chi connectivity index (χ3n) is 4.56. The van der Waals surface area contributed by atoms with Crippen molar-refractivity contribution in [1.82, 2.24) is 20.2 Å². The summed E-state index contributed by atoms with van der Waals surface area (Å²) in [5.74, 6) is 0. The molecule has 2 N–H and O–H groups in total. The molecule has 2 aromatic heterocycles. The average Bonchev–Trinajstić information content (AvgIpc) is 3.31. The number of rotatable bonds is 4. The molecule has 120 valence electrons. The summed E-state index contributed by atoms with van der Waals surface area (Å²) in [4.78, 5) is 10.1. The molecule has 0 radical (unpaired) electrons. The van der Waals surface area contributed by atoms with Gasteiger partial charge in [0.05, 0.1) is 23.9 Å². The zero-order chi connectivity index (χ0) is 15.6. The number of hydrogen-bond acceptors (Lipinski definition) is 3. The van der Waals surface area contributed by atoms with Crippen LogP contribution in [0.5, 0.6) is 0 Å². The van der Waals surface area contributed by atoms with E-state index in [4.69, 9.17) is 17.0 Å². The summed E-state index contributed by atoms with van der Waals surface area (Å²) < 4.78 is 5.81. The van der Waals surface area contributed by atoms with Gasteiger partial charge in [-0.1, -0.05) is 6.07 Å². The molecule has 2 fully saturated rings. The number of thiocarbonyl (C=S) groups is 1. The molecule has 0 bridgehead atoms. The molecule has 4 heterocycles. The van der Waals surface area contributed by atoms with Crippen molar-refractivity contribution >= 4 is 17.3 Å². The van der Waals surface area contributed by atoms with Crippen LogP contribution >= 0.6 is 12.2 Å². The topological polar surface area (TPSA) is 53.2 Å². The largest absolute Gasteiger partial charge is 0.376 e. The summed E-state index contributed by atoms with van der Waals surface area (Å²) in [7, 11) is 0. The van der Waals surface area contributed by atoms with Crippen molar-refractivity contribution in [3.63, 3.8) is 0 Å². The molecule has 2 aliphatic rings. The van der Waals surface area contributed by atoms with Crippen molar-refractivity contribution in [3.8, 4) is 0 Å². The fraction of sp³-hybridized carbons (Fsp3) is 0.412. The standard InChI is InChI=1S/C17H20N4OS/c23-17-20-15(13-6-1-2-8-18-13)16(14-7-3-9-19-14)21(17)11-12-5-4-10-22-12/h1-3,6-9,12,15-16,19H,4-5,10-11H2,(H,20,23)/t12-,15+,16-/m0/s1. The van der Waals surface area contributed by atoms with E-state index in [0.29, 0.717) is 0 Å². The number of ether oxygens (including phenoxy) is 1. The molecule has 0 spiro atoms. The van der Waals surface area contributed by atoms with Crippen molar-refractivity contribution < 1.29 is 4.74 Å². The molecule has 2 saturated heterocycles. The minimum atomic E-state index is 0.0451. The maximum atomic E-state index is 5.81. The van der Waals surface area contributed by atoms with E-state index in [0.717, 1.165) is 42.5 Å². The number of nitrogens with zero attached hydrogens (tertiary/aromatic N) is 2. The normalized spacial score (nSPS) is 27.4. The Morgan fingerprint density at radius 1 is 1.30 bits per heavy atom. The Bertz CT molecular complexity index is 654. The Labute approximate surface area is 141 Å². The molecule has 0 aromatic carbocycles. The first-order chi connectivity index (χ1) is 11.3. The van der Waals surface area contributed by atoms with E-state index in [1.54, 1.807) is 0 Å². The Balaban J connectivity index is 1.66. The molecule has 0 saturated carbocycles. The first kappa shape index (κ1) is 14.7. The molecule has 2 aliphatic heterocycles. The second-order valence-corrected chi connectivity index (χ2v) is 6.43. The zero-order valence-electron chi connectivity index (χ0n) is 12.8. The first-order valence-electron chi connectivity index (χ1n) is 8.06. The molecule has 3 atom stereocenters. The van der Waals surface area contributed by atoms with Crippen molar-refractivity contribution in [3.05, 3.63) is 54.1 Å². The highest BCUT2D eigenvalue weighted by molar-refractivity contribution is 7.80. The smallest absolute Gasteiger partial charge is 0.170 e. The summed E-state index contributed by atoms with van der Waals surface area (Å²) in [6, 6.07) is 10.3. The van der Waals surface area contributed by atoms with E-state index < -0.39 is 0 Å². The van der Waals surface area contributed by atoms with Crippen LogP contribution < -0.4 is 5.32 Å². The van der Waals surface area contributed by atoms with Crippen LogP contribution in [0, 0.1) is 0 Å². The van der Waals surface area contributed by atoms with Gasteiger partial charge in [-0.2, -0.15) is 0 Å². The molecule has 0 amide bonds. The summed E-state index contributed by atoms with van der Waals surface area (Å²) in [6.45, 7) is 1.67. The van der Waals surface area contributed by atoms with Crippen LogP contribution in [0.25, 0.3) is 0 Å². The van der Waals surface area contributed by atoms with Crippen LogP contribution in [0.2, 0.25) is 0 Å². The SMILES string of the molecule is S=C1N[C@H](c2ccccn2)[C@H](c2ccc[nH]2)N1C[C@@H]1CCCO1. The maximum absolute atomic E-state index is 5.81. The fourth-order valence-corrected chi connectivity index (χ4v) is 3.79. The highest BCUT2D eigenvalue weighted by atomic mass is 32.1. The predicted octanol–water partition coefficient (Wildman–Crippen LogP) is 2.56. The number of pyridine rings is 1. The number of hydrogen-bond donors (Lipinski definition) is 2. The van der Waals surface area contributed by atoms with Gasteiger partial charge < -0.3 is 19.9 Å². The summed E-state index contributed by atoms with van der Waals surface area (Å²) in [5, 5.41) is 4.23. The first-order valence-corrected chi connectivity index (χ1v) is 8.47. The summed E-state index contributed by atoms with van der Waals surface area (Å²) in [5.41, 5.74) is 2.15. The lowest BCUT2D eigenvalue weighted by Gasteiger charge is -2.28. The third kappa shape index (κ3) is 2.84. The average molecular weight is 328 g/mol. The fourth-order valence-electron chi connectivity index (χ4n) is 3.48. The molecule has 6 heteroatoms. The number of aromatic nitrogens is 2. The molecule has 2 aromatic rings. The Hall–Kier alpha value is -1.92. The van der Waals surface area contributed by atoms with Gasteiger partial charge in [0.15, 0.2) is 5.11 Å². The summed E-state index contributed by atoms with van der Waals surface area (Å²) in [6.07, 6.45) is 6.28. The van der Waals surface area contributed by atoms with Crippen LogP contribution in [0.1, 0.15) is 36.3 Å². The van der Waals surface area contributed by atoms with Crippen molar-refractivity contribution in [1.29, 1.82) is 0 Å². The lowest BCUT2D eigenvalue weighted by atomic mass is 10.0. The second-order valence-electron chi connectivity index (χ2n) is 6.04. The van der Waals surface area contributed by atoms with Crippen molar-refractivity contribution in [2.75, 3.05) is 13.2 Å². The minimum Gasteiger partial charge on any atom is -0.376 e. The van der Waals surface area contributed by atoms with E-state index in [-0.39, 0.29) is 18.2 Å². The van der Waals surface area contributed by atoms with E-state index in [9.17, 15) is 0 Å². The lowest BCUT2D eigenvalue weighted by molar-refractivity contribution is 0.0838. The van der Waals surface area contributed by atoms with Gasteiger partial charge in [0, 0.05) is 31.2 Å². The molecule has 0 unspecified atom stereocenters. The maximum Gasteiger partial charge on any atom is 0.170 e. The van der Waals surface area contributed by atoms with Gasteiger partial charge in [-0.05, 0) is 49.3 Å². The van der Waals surface area contributed by atoms with E-state index in [2.05, 4.69) is 26.3 Å². The number of nitrogens with one attached hydrogen (secondary N) is 2. The number of H-pyrrole nitrogens is 1. The van der Waals surface area contributed by atoms with Gasteiger partial charge in [0.25, 0.3) is 0 Å². The number of aromatic amines is 1. The van der Waals surface area contributed by atoms with Gasteiger partial charge >= 0.3 is 0 Å². The monoisotopic (exact) mass is 328 g/mol. The Kier molecular flexibility index (Phi) is 4.01. The highest BCUT2D eigenvalue weighted by Gasteiger charge is 2.41. The third-order valence-corrected chi connectivity index (χ3v) is 4.92. The second kappa shape index (κ2) is 6.29. The molecule has 4 rings (SSSR count). The van der Waals surface area contributed by atoms with E-state index in [1.165, 1.54) is 0 Å². The molecular weight excluding hydrogens is 308 g/mol. The van der Waals surface area contributed by atoms with Crippen molar-refractivity contribution in [2.24, 2.45) is 0 Å². The van der Waals surface area contributed by atoms with Crippen LogP contribution in [-0.4, -0.2) is 39.2 Å². The van der Waals surface area contributed by atoms with Gasteiger partial charge in [0.1, 0.15) is 0 Å². The van der Waals surface area contributed by atoms with E-state index >= 15 is 0 Å². The van der Waals surface area contributed by atoms with Crippen molar-refractivity contribution in [2.45, 2.75) is 31.0 Å². The molecule has 23 heavy (non-hydrogen) atoms. The van der Waals surface area contributed by atoms with Gasteiger partial charge in [-0.3, -0.25) is 4.98 Å².